The molecule has 14 heteroatoms. The lowest BCUT2D eigenvalue weighted by Crippen LogP contribution is -2.47. The summed E-state index contributed by atoms with van der Waals surface area (Å²) >= 11 is 0. The first kappa shape index (κ1) is 30.1. The first-order valence-corrected chi connectivity index (χ1v) is 12.6. The number of ether oxygens (including phenoxy) is 3. The molecule has 2 aromatic heterocycles. The number of fused-ring (bicyclic) bond motifs is 1. The topological polar surface area (TPSA) is 122 Å². The lowest BCUT2D eigenvalue weighted by Gasteiger charge is -2.34. The second-order valence-electron chi connectivity index (χ2n) is 10.5. The molecule has 1 aliphatic heterocycles. The van der Waals surface area contributed by atoms with Crippen LogP contribution in [0.15, 0.2) is 28.7 Å². The van der Waals surface area contributed by atoms with Crippen molar-refractivity contribution in [1.29, 1.82) is 0 Å². The van der Waals surface area contributed by atoms with Gasteiger partial charge < -0.3 is 18.6 Å². The molecule has 0 radical (unpaired) electrons. The average Bonchev–Trinajstić information content (AvgIpc) is 3.45. The second kappa shape index (κ2) is 10.8. The molecule has 1 atom stereocenters. The highest BCUT2D eigenvalue weighted by Gasteiger charge is 2.49. The number of rotatable bonds is 6. The van der Waals surface area contributed by atoms with Gasteiger partial charge in [-0.25, -0.2) is 19.6 Å². The molecule has 0 aliphatic carbocycles. The molecular weight excluding hydrogens is 551 g/mol. The van der Waals surface area contributed by atoms with Gasteiger partial charge in [-0.15, -0.1) is 0 Å². The molecule has 11 nitrogen and oxygen atoms in total. The van der Waals surface area contributed by atoms with E-state index in [4.69, 9.17) is 28.4 Å². The summed E-state index contributed by atoms with van der Waals surface area (Å²) in [7, 11) is 1.30. The SMILES string of the molecule is CCOOC(=O)c1nc(-c2ccc(OC)c3nc(C(F)(F)F)ccc23)oc1[C@H]1COC(C)(C)N1C(=O)OC(C)(C)C. The van der Waals surface area contributed by atoms with Crippen LogP contribution < -0.4 is 4.74 Å². The molecule has 41 heavy (non-hydrogen) atoms. The summed E-state index contributed by atoms with van der Waals surface area (Å²) in [5.74, 6) is -1.17. The minimum atomic E-state index is -4.69. The summed E-state index contributed by atoms with van der Waals surface area (Å²) in [6.07, 6.45) is -5.42. The first-order chi connectivity index (χ1) is 19.1. The van der Waals surface area contributed by atoms with Crippen molar-refractivity contribution in [2.45, 2.75) is 65.1 Å². The maximum atomic E-state index is 13.4. The van der Waals surface area contributed by atoms with E-state index in [1.165, 1.54) is 30.2 Å². The third-order valence-corrected chi connectivity index (χ3v) is 6.04. The Labute approximate surface area is 233 Å². The minimum Gasteiger partial charge on any atom is -0.494 e. The molecule has 0 bridgehead atoms. The first-order valence-electron chi connectivity index (χ1n) is 12.6. The second-order valence-corrected chi connectivity index (χ2v) is 10.5. The molecule has 1 amide bonds. The van der Waals surface area contributed by atoms with Crippen LogP contribution in [-0.4, -0.2) is 58.6 Å². The van der Waals surface area contributed by atoms with Crippen molar-refractivity contribution in [1.82, 2.24) is 14.9 Å². The zero-order valence-electron chi connectivity index (χ0n) is 23.5. The van der Waals surface area contributed by atoms with Gasteiger partial charge >= 0.3 is 18.2 Å². The molecule has 222 valence electrons. The molecule has 0 spiro atoms. The van der Waals surface area contributed by atoms with Gasteiger partial charge in [0.15, 0.2) is 11.5 Å². The summed E-state index contributed by atoms with van der Waals surface area (Å²) in [6, 6.07) is 3.95. The van der Waals surface area contributed by atoms with Crippen LogP contribution in [0, 0.1) is 0 Å². The van der Waals surface area contributed by atoms with Crippen molar-refractivity contribution in [2.75, 3.05) is 20.3 Å². The summed E-state index contributed by atoms with van der Waals surface area (Å²) < 4.78 is 63.0. The van der Waals surface area contributed by atoms with Gasteiger partial charge in [0, 0.05) is 10.9 Å². The lowest BCUT2D eigenvalue weighted by atomic mass is 10.1. The van der Waals surface area contributed by atoms with E-state index in [2.05, 4.69) is 9.97 Å². The van der Waals surface area contributed by atoms with Crippen molar-refractivity contribution in [3.63, 3.8) is 0 Å². The highest BCUT2D eigenvalue weighted by Crippen LogP contribution is 2.42. The Morgan fingerprint density at radius 1 is 1.12 bits per heavy atom. The number of carbonyl (C=O) groups excluding carboxylic acids is 2. The van der Waals surface area contributed by atoms with E-state index in [1.54, 1.807) is 41.5 Å². The monoisotopic (exact) mass is 581 g/mol. The van der Waals surface area contributed by atoms with Gasteiger partial charge in [-0.1, -0.05) is 0 Å². The molecule has 1 saturated heterocycles. The van der Waals surface area contributed by atoms with E-state index >= 15 is 0 Å². The number of oxazole rings is 1. The van der Waals surface area contributed by atoms with Gasteiger partial charge in [-0.2, -0.15) is 18.1 Å². The van der Waals surface area contributed by atoms with Crippen molar-refractivity contribution in [3.05, 3.63) is 41.4 Å². The number of benzene rings is 1. The van der Waals surface area contributed by atoms with Gasteiger partial charge in [0.25, 0.3) is 0 Å². The largest absolute Gasteiger partial charge is 0.494 e. The number of pyridine rings is 1. The van der Waals surface area contributed by atoms with Crippen molar-refractivity contribution < 1.29 is 51.2 Å². The van der Waals surface area contributed by atoms with Crippen LogP contribution in [0.1, 0.15) is 69.5 Å². The van der Waals surface area contributed by atoms with Gasteiger partial charge in [0.1, 0.15) is 34.3 Å². The van der Waals surface area contributed by atoms with Gasteiger partial charge in [-0.3, -0.25) is 9.79 Å². The number of amides is 1. The quantitative estimate of drug-likeness (QED) is 0.250. The van der Waals surface area contributed by atoms with E-state index in [-0.39, 0.29) is 52.8 Å². The molecule has 3 heterocycles. The molecular formula is C27H30F3N3O8. The Morgan fingerprint density at radius 3 is 2.44 bits per heavy atom. The number of methoxy groups -OCH3 is 1. The molecule has 1 fully saturated rings. The predicted molar refractivity (Wildman–Crippen MR) is 137 cm³/mol. The minimum absolute atomic E-state index is 0.0473. The van der Waals surface area contributed by atoms with Crippen LogP contribution in [0.2, 0.25) is 0 Å². The molecule has 3 aromatic rings. The van der Waals surface area contributed by atoms with E-state index in [9.17, 15) is 22.8 Å². The molecule has 0 unspecified atom stereocenters. The maximum Gasteiger partial charge on any atom is 0.433 e. The zero-order chi connectivity index (χ0) is 30.3. The van der Waals surface area contributed by atoms with Gasteiger partial charge in [0.2, 0.25) is 5.89 Å². The summed E-state index contributed by atoms with van der Waals surface area (Å²) in [5, 5.41) is 0.210. The highest BCUT2D eigenvalue weighted by atomic mass is 19.4. The third kappa shape index (κ3) is 6.07. The van der Waals surface area contributed by atoms with Crippen LogP contribution in [0.4, 0.5) is 18.0 Å². The maximum absolute atomic E-state index is 13.4. The number of aromatic nitrogens is 2. The number of alkyl halides is 3. The molecule has 4 rings (SSSR count). The third-order valence-electron chi connectivity index (χ3n) is 6.04. The van der Waals surface area contributed by atoms with E-state index in [1.807, 2.05) is 0 Å². The van der Waals surface area contributed by atoms with Crippen LogP contribution in [0.5, 0.6) is 5.75 Å². The van der Waals surface area contributed by atoms with E-state index < -0.39 is 41.3 Å². The predicted octanol–water partition coefficient (Wildman–Crippen LogP) is 6.07. The fourth-order valence-electron chi connectivity index (χ4n) is 4.33. The Kier molecular flexibility index (Phi) is 7.93. The Balaban J connectivity index is 1.89. The van der Waals surface area contributed by atoms with Crippen molar-refractivity contribution in [3.8, 4) is 17.2 Å². The fourth-order valence-corrected chi connectivity index (χ4v) is 4.33. The standard InChI is InChI=1S/C27H30F3N3O8/c1-8-38-41-23(34)20-21(16-13-37-26(5,6)33(16)24(35)40-25(2,3)4)39-22(32-20)15-9-11-17(36-7)19-14(15)10-12-18(31-19)27(28,29)30/h9-12,16H,8,13H2,1-7H3/t16-/m1/s1. The normalized spacial score (nSPS) is 17.1. The zero-order valence-corrected chi connectivity index (χ0v) is 23.5. The number of hydrogen-bond donors (Lipinski definition) is 0. The number of carbonyl (C=O) groups is 2. The van der Waals surface area contributed by atoms with Crippen LogP contribution in [0.3, 0.4) is 0 Å². The van der Waals surface area contributed by atoms with E-state index in [0.29, 0.717) is 0 Å². The molecule has 0 N–H and O–H groups in total. The fraction of sp³-hybridized carbons (Fsp3) is 0.481. The molecule has 1 aromatic carbocycles. The molecule has 1 aliphatic rings. The highest BCUT2D eigenvalue weighted by molar-refractivity contribution is 5.97. The summed E-state index contributed by atoms with van der Waals surface area (Å²) in [5.41, 5.74) is -3.33. The Bertz CT molecular complexity index is 1460. The average molecular weight is 582 g/mol. The Hall–Kier alpha value is -3.91. The number of hydrogen-bond acceptors (Lipinski definition) is 10. The molecule has 0 saturated carbocycles. The number of nitrogens with zero attached hydrogens (tertiary/aromatic N) is 3. The van der Waals surface area contributed by atoms with Crippen LogP contribution in [0.25, 0.3) is 22.4 Å². The van der Waals surface area contributed by atoms with Gasteiger partial charge in [-0.05, 0) is 65.8 Å². The van der Waals surface area contributed by atoms with Gasteiger partial charge in [0.05, 0.1) is 20.3 Å². The van der Waals surface area contributed by atoms with Crippen molar-refractivity contribution in [2.24, 2.45) is 0 Å². The van der Waals surface area contributed by atoms with Crippen molar-refractivity contribution >= 4 is 23.0 Å². The van der Waals surface area contributed by atoms with E-state index in [0.717, 1.165) is 6.07 Å². The smallest absolute Gasteiger partial charge is 0.433 e. The van der Waals surface area contributed by atoms with Crippen LogP contribution in [-0.2, 0) is 25.4 Å². The van der Waals surface area contributed by atoms with Crippen LogP contribution >= 0.6 is 0 Å². The summed E-state index contributed by atoms with van der Waals surface area (Å²) in [4.78, 5) is 45.3. The lowest BCUT2D eigenvalue weighted by molar-refractivity contribution is -0.237. The summed E-state index contributed by atoms with van der Waals surface area (Å²) in [6.45, 7) is 9.96. The Morgan fingerprint density at radius 2 is 1.83 bits per heavy atom. The number of halogens is 3.